The van der Waals surface area contributed by atoms with E-state index in [1.165, 1.54) is 19.3 Å². The molecule has 1 aliphatic carbocycles. The molecule has 23 heavy (non-hydrogen) atoms. The van der Waals surface area contributed by atoms with Gasteiger partial charge in [-0.05, 0) is 43.9 Å². The first-order valence-electron chi connectivity index (χ1n) is 8.24. The Kier molecular flexibility index (Phi) is 5.81. The van der Waals surface area contributed by atoms with Crippen molar-refractivity contribution < 1.29 is 4.79 Å². The molecule has 1 N–H and O–H groups in total. The summed E-state index contributed by atoms with van der Waals surface area (Å²) in [5.41, 5.74) is 3.05. The summed E-state index contributed by atoms with van der Waals surface area (Å²) in [6.07, 6.45) is 7.68. The first kappa shape index (κ1) is 17.1. The van der Waals surface area contributed by atoms with Gasteiger partial charge in [0.15, 0.2) is 0 Å². The van der Waals surface area contributed by atoms with Gasteiger partial charge >= 0.3 is 0 Å². The number of hydrogen-bond donors (Lipinski definition) is 1. The van der Waals surface area contributed by atoms with Crippen LogP contribution in [0.1, 0.15) is 43.2 Å². The van der Waals surface area contributed by atoms with Crippen LogP contribution in [0.5, 0.6) is 0 Å². The van der Waals surface area contributed by atoms with Crippen molar-refractivity contribution in [2.24, 2.45) is 0 Å². The van der Waals surface area contributed by atoms with Crippen LogP contribution in [0.4, 0.5) is 5.69 Å². The second-order valence-corrected chi connectivity index (χ2v) is 6.31. The van der Waals surface area contributed by atoms with Crippen LogP contribution in [0, 0.1) is 25.2 Å². The average Bonchev–Trinajstić information content (AvgIpc) is 2.57. The van der Waals surface area contributed by atoms with Crippen molar-refractivity contribution in [3.8, 4) is 6.07 Å². The summed E-state index contributed by atoms with van der Waals surface area (Å²) >= 11 is 0. The molecular formula is C19H25N3O. The molecule has 4 nitrogen and oxygen atoms in total. The van der Waals surface area contributed by atoms with E-state index in [4.69, 9.17) is 0 Å². The Hall–Kier alpha value is -2.28. The zero-order valence-electron chi connectivity index (χ0n) is 14.2. The van der Waals surface area contributed by atoms with Crippen LogP contribution in [-0.2, 0) is 4.79 Å². The number of aryl methyl sites for hydroxylation is 1. The highest BCUT2D eigenvalue weighted by Crippen LogP contribution is 2.23. The monoisotopic (exact) mass is 311 g/mol. The molecule has 1 aromatic carbocycles. The highest BCUT2D eigenvalue weighted by Gasteiger charge is 2.18. The second kappa shape index (κ2) is 7.82. The van der Waals surface area contributed by atoms with Gasteiger partial charge in [-0.1, -0.05) is 31.4 Å². The van der Waals surface area contributed by atoms with Crippen molar-refractivity contribution in [1.29, 1.82) is 5.26 Å². The molecule has 1 saturated carbocycles. The minimum absolute atomic E-state index is 0.152. The molecule has 0 bridgehead atoms. The van der Waals surface area contributed by atoms with E-state index in [0.717, 1.165) is 29.7 Å². The summed E-state index contributed by atoms with van der Waals surface area (Å²) in [5.74, 6) is -0.344. The van der Waals surface area contributed by atoms with Crippen LogP contribution in [0.15, 0.2) is 30.0 Å². The Balaban J connectivity index is 2.10. The molecule has 0 atom stereocenters. The summed E-state index contributed by atoms with van der Waals surface area (Å²) in [5, 5.41) is 12.2. The maximum Gasteiger partial charge on any atom is 0.267 e. The number of amides is 1. The van der Waals surface area contributed by atoms with E-state index in [2.05, 4.69) is 5.32 Å². The molecule has 1 fully saturated rings. The maximum atomic E-state index is 12.4. The van der Waals surface area contributed by atoms with Crippen LogP contribution in [0.25, 0.3) is 0 Å². The molecule has 0 saturated heterocycles. The molecule has 0 unspecified atom stereocenters. The van der Waals surface area contributed by atoms with E-state index in [1.807, 2.05) is 50.1 Å². The van der Waals surface area contributed by atoms with Crippen LogP contribution in [0.3, 0.4) is 0 Å². The smallest absolute Gasteiger partial charge is 0.267 e. The first-order chi connectivity index (χ1) is 11.0. The molecule has 0 aliphatic heterocycles. The number of nitrogens with zero attached hydrogens (tertiary/aromatic N) is 2. The average molecular weight is 311 g/mol. The number of nitriles is 1. The third-order valence-electron chi connectivity index (χ3n) is 4.70. The van der Waals surface area contributed by atoms with Crippen LogP contribution in [-0.4, -0.2) is 23.9 Å². The Bertz CT molecular complexity index is 637. The van der Waals surface area contributed by atoms with Gasteiger partial charge in [-0.2, -0.15) is 5.26 Å². The SMILES string of the molecule is Cc1cccc(NC(=O)/C(C#N)=C\N(C)C2CCCCC2)c1C. The van der Waals surface area contributed by atoms with Gasteiger partial charge in [-0.25, -0.2) is 0 Å². The molecule has 1 aromatic rings. The number of hydrogen-bond acceptors (Lipinski definition) is 3. The number of carbonyl (C=O) groups excluding carboxylic acids is 1. The molecule has 0 spiro atoms. The Labute approximate surface area is 138 Å². The van der Waals surface area contributed by atoms with Gasteiger partial charge in [0.2, 0.25) is 0 Å². The fraction of sp³-hybridized carbons (Fsp3) is 0.474. The van der Waals surface area contributed by atoms with E-state index in [-0.39, 0.29) is 11.5 Å². The Morgan fingerprint density at radius 1 is 1.30 bits per heavy atom. The lowest BCUT2D eigenvalue weighted by Gasteiger charge is -2.30. The van der Waals surface area contributed by atoms with Gasteiger partial charge in [0.25, 0.3) is 5.91 Å². The topological polar surface area (TPSA) is 56.1 Å². The second-order valence-electron chi connectivity index (χ2n) is 6.31. The molecular weight excluding hydrogens is 286 g/mol. The van der Waals surface area contributed by atoms with E-state index in [1.54, 1.807) is 6.20 Å². The third kappa shape index (κ3) is 4.35. The van der Waals surface area contributed by atoms with Gasteiger partial charge < -0.3 is 10.2 Å². The fourth-order valence-electron chi connectivity index (χ4n) is 3.01. The predicted molar refractivity (Wildman–Crippen MR) is 92.9 cm³/mol. The van der Waals surface area contributed by atoms with Gasteiger partial charge in [-0.3, -0.25) is 4.79 Å². The minimum Gasteiger partial charge on any atom is -0.376 e. The summed E-state index contributed by atoms with van der Waals surface area (Å²) in [4.78, 5) is 14.4. The van der Waals surface area contributed by atoms with E-state index < -0.39 is 0 Å². The predicted octanol–water partition coefficient (Wildman–Crippen LogP) is 3.91. The third-order valence-corrected chi connectivity index (χ3v) is 4.70. The standard InChI is InChI=1S/C19H25N3O/c1-14-8-7-11-18(15(14)2)21-19(23)16(12-20)13-22(3)17-9-5-4-6-10-17/h7-8,11,13,17H,4-6,9-10H2,1-3H3,(H,21,23)/b16-13-. The largest absolute Gasteiger partial charge is 0.376 e. The van der Waals surface area contributed by atoms with E-state index in [9.17, 15) is 10.1 Å². The molecule has 0 aromatic heterocycles. The number of nitrogens with one attached hydrogen (secondary N) is 1. The van der Waals surface area contributed by atoms with Gasteiger partial charge in [-0.15, -0.1) is 0 Å². The molecule has 2 rings (SSSR count). The van der Waals surface area contributed by atoms with Gasteiger partial charge in [0.05, 0.1) is 0 Å². The first-order valence-corrected chi connectivity index (χ1v) is 8.24. The van der Waals surface area contributed by atoms with Crippen molar-refractivity contribution in [2.45, 2.75) is 52.0 Å². The van der Waals surface area contributed by atoms with E-state index >= 15 is 0 Å². The van der Waals surface area contributed by atoms with Gasteiger partial charge in [0.1, 0.15) is 11.6 Å². The van der Waals surface area contributed by atoms with E-state index in [0.29, 0.717) is 6.04 Å². The Morgan fingerprint density at radius 3 is 2.65 bits per heavy atom. The Morgan fingerprint density at radius 2 is 2.00 bits per heavy atom. The molecule has 122 valence electrons. The summed E-state index contributed by atoms with van der Waals surface area (Å²) in [7, 11) is 1.96. The highest BCUT2D eigenvalue weighted by atomic mass is 16.1. The normalized spacial score (nSPS) is 15.8. The van der Waals surface area contributed by atoms with Crippen molar-refractivity contribution in [3.63, 3.8) is 0 Å². The number of carbonyl (C=O) groups is 1. The quantitative estimate of drug-likeness (QED) is 0.677. The van der Waals surface area contributed by atoms with Gasteiger partial charge in [0, 0.05) is 25.0 Å². The molecule has 1 amide bonds. The lowest BCUT2D eigenvalue weighted by molar-refractivity contribution is -0.112. The fourth-order valence-corrected chi connectivity index (χ4v) is 3.01. The maximum absolute atomic E-state index is 12.4. The summed E-state index contributed by atoms with van der Waals surface area (Å²) < 4.78 is 0. The lowest BCUT2D eigenvalue weighted by atomic mass is 9.94. The molecule has 4 heteroatoms. The van der Waals surface area contributed by atoms with Crippen molar-refractivity contribution in [2.75, 3.05) is 12.4 Å². The van der Waals surface area contributed by atoms with Crippen molar-refractivity contribution in [3.05, 3.63) is 41.1 Å². The van der Waals surface area contributed by atoms with Crippen LogP contribution in [0.2, 0.25) is 0 Å². The lowest BCUT2D eigenvalue weighted by Crippen LogP contribution is -2.30. The minimum atomic E-state index is -0.344. The highest BCUT2D eigenvalue weighted by molar-refractivity contribution is 6.06. The molecule has 0 heterocycles. The zero-order valence-corrected chi connectivity index (χ0v) is 14.2. The number of benzene rings is 1. The molecule has 1 aliphatic rings. The number of rotatable bonds is 4. The van der Waals surface area contributed by atoms with Crippen LogP contribution >= 0.6 is 0 Å². The molecule has 0 radical (unpaired) electrons. The summed E-state index contributed by atoms with van der Waals surface area (Å²) in [6, 6.07) is 8.23. The van der Waals surface area contributed by atoms with Crippen molar-refractivity contribution in [1.82, 2.24) is 4.90 Å². The zero-order chi connectivity index (χ0) is 16.8. The van der Waals surface area contributed by atoms with Crippen LogP contribution < -0.4 is 5.32 Å². The summed E-state index contributed by atoms with van der Waals surface area (Å²) in [6.45, 7) is 3.97. The van der Waals surface area contributed by atoms with Crippen molar-refractivity contribution >= 4 is 11.6 Å². The number of anilines is 1.